The Kier molecular flexibility index (Phi) is 3.72. The van der Waals surface area contributed by atoms with Gasteiger partial charge in [-0.1, -0.05) is 5.92 Å². The quantitative estimate of drug-likeness (QED) is 0.412. The standard InChI is InChI=1S/C3H5O3P/c1-2-3-6-7(4)5/h1,7H,3H2,(H,4,5). The molecular formula is C3H5O3P. The molecule has 0 aromatic rings. The molecule has 1 unspecified atom stereocenters. The Hall–Kier alpha value is -0.290. The maximum absolute atomic E-state index is 9.63. The van der Waals surface area contributed by atoms with Crippen LogP contribution < -0.4 is 0 Å². The molecule has 4 heteroatoms. The van der Waals surface area contributed by atoms with Gasteiger partial charge in [0.1, 0.15) is 6.61 Å². The number of hydrogen-bond acceptors (Lipinski definition) is 2. The topological polar surface area (TPSA) is 46.5 Å². The number of rotatable bonds is 2. The fourth-order valence-electron chi connectivity index (χ4n) is 0.103. The summed E-state index contributed by atoms with van der Waals surface area (Å²) in [6, 6.07) is 0. The van der Waals surface area contributed by atoms with Crippen molar-refractivity contribution in [2.45, 2.75) is 0 Å². The van der Waals surface area contributed by atoms with Crippen LogP contribution in [0.1, 0.15) is 0 Å². The molecule has 0 saturated carbocycles. The van der Waals surface area contributed by atoms with E-state index in [4.69, 9.17) is 4.89 Å². The Morgan fingerprint density at radius 2 is 2.57 bits per heavy atom. The number of hydrogen-bond donors (Lipinski definition) is 1. The van der Waals surface area contributed by atoms with E-state index >= 15 is 0 Å². The van der Waals surface area contributed by atoms with Crippen LogP contribution in [0.15, 0.2) is 0 Å². The van der Waals surface area contributed by atoms with E-state index in [9.17, 15) is 4.57 Å². The van der Waals surface area contributed by atoms with Crippen LogP contribution in [0.2, 0.25) is 0 Å². The Balaban J connectivity index is 3.02. The predicted octanol–water partition coefficient (Wildman–Crippen LogP) is 0.0182. The summed E-state index contributed by atoms with van der Waals surface area (Å²) in [6.07, 6.45) is 4.67. The number of terminal acetylenes is 1. The molecule has 0 aromatic heterocycles. The molecule has 0 saturated heterocycles. The van der Waals surface area contributed by atoms with Crippen molar-refractivity contribution in [3.63, 3.8) is 0 Å². The van der Waals surface area contributed by atoms with Crippen molar-refractivity contribution in [1.82, 2.24) is 0 Å². The molecule has 0 fully saturated rings. The molecule has 0 radical (unpaired) electrons. The van der Waals surface area contributed by atoms with Gasteiger partial charge in [-0.15, -0.1) is 6.42 Å². The van der Waals surface area contributed by atoms with Gasteiger partial charge in [0.2, 0.25) is 0 Å². The van der Waals surface area contributed by atoms with Gasteiger partial charge in [0.25, 0.3) is 0 Å². The summed E-state index contributed by atoms with van der Waals surface area (Å²) in [5.74, 6) is 2.04. The monoisotopic (exact) mass is 120 g/mol. The van der Waals surface area contributed by atoms with E-state index in [1.807, 2.05) is 5.92 Å². The molecular weight excluding hydrogens is 115 g/mol. The lowest BCUT2D eigenvalue weighted by atomic mass is 10.8. The van der Waals surface area contributed by atoms with Gasteiger partial charge in [0, 0.05) is 0 Å². The lowest BCUT2D eigenvalue weighted by molar-refractivity contribution is 0.317. The van der Waals surface area contributed by atoms with E-state index in [-0.39, 0.29) is 6.61 Å². The van der Waals surface area contributed by atoms with E-state index in [0.29, 0.717) is 0 Å². The van der Waals surface area contributed by atoms with Crippen molar-refractivity contribution >= 4 is 8.25 Å². The lowest BCUT2D eigenvalue weighted by Crippen LogP contribution is -1.76. The second kappa shape index (κ2) is 3.89. The highest BCUT2D eigenvalue weighted by Gasteiger charge is 1.83. The highest BCUT2D eigenvalue weighted by molar-refractivity contribution is 7.32. The highest BCUT2D eigenvalue weighted by atomic mass is 31.1. The lowest BCUT2D eigenvalue weighted by Gasteiger charge is -1.86. The normalized spacial score (nSPS) is 12.6. The smallest absolute Gasteiger partial charge is 0.317 e. The molecule has 1 atom stereocenters. The molecule has 3 nitrogen and oxygen atoms in total. The minimum absolute atomic E-state index is 0.0890. The first kappa shape index (κ1) is 6.71. The fourth-order valence-corrected chi connectivity index (χ4v) is 0.310. The summed E-state index contributed by atoms with van der Waals surface area (Å²) in [6.45, 7) is -0.0890. The second-order valence-corrected chi connectivity index (χ2v) is 1.58. The summed E-state index contributed by atoms with van der Waals surface area (Å²) < 4.78 is 13.7. The van der Waals surface area contributed by atoms with E-state index in [0.717, 1.165) is 0 Å². The van der Waals surface area contributed by atoms with Gasteiger partial charge in [-0.2, -0.15) is 0 Å². The van der Waals surface area contributed by atoms with Gasteiger partial charge in [-0.3, -0.25) is 9.09 Å². The summed E-state index contributed by atoms with van der Waals surface area (Å²) in [5, 5.41) is 0. The maximum atomic E-state index is 9.63. The average Bonchev–Trinajstić information content (AvgIpc) is 1.61. The predicted molar refractivity (Wildman–Crippen MR) is 26.0 cm³/mol. The Bertz CT molecular complexity index is 103. The highest BCUT2D eigenvalue weighted by Crippen LogP contribution is 2.12. The molecule has 1 N–H and O–H groups in total. The molecule has 0 bridgehead atoms. The molecule has 7 heavy (non-hydrogen) atoms. The maximum Gasteiger partial charge on any atom is 0.317 e. The largest absolute Gasteiger partial charge is 0.326 e. The zero-order valence-corrected chi connectivity index (χ0v) is 4.55. The van der Waals surface area contributed by atoms with Crippen LogP contribution in [-0.2, 0) is 9.09 Å². The molecule has 0 rings (SSSR count). The Morgan fingerprint density at radius 3 is 2.71 bits per heavy atom. The van der Waals surface area contributed by atoms with Crippen LogP contribution in [-0.4, -0.2) is 11.5 Å². The molecule has 0 aromatic carbocycles. The summed E-state index contributed by atoms with van der Waals surface area (Å²) in [7, 11) is -2.79. The van der Waals surface area contributed by atoms with Gasteiger partial charge in [0.05, 0.1) is 0 Å². The minimum Gasteiger partial charge on any atom is -0.326 e. The first-order valence-corrected chi connectivity index (χ1v) is 2.83. The van der Waals surface area contributed by atoms with Crippen molar-refractivity contribution in [2.75, 3.05) is 6.61 Å². The zero-order valence-electron chi connectivity index (χ0n) is 3.55. The van der Waals surface area contributed by atoms with Crippen molar-refractivity contribution < 1.29 is 14.0 Å². The molecule has 0 spiro atoms. The first-order valence-electron chi connectivity index (χ1n) is 1.56. The van der Waals surface area contributed by atoms with Crippen molar-refractivity contribution in [3.05, 3.63) is 0 Å². The first-order chi connectivity index (χ1) is 3.27. The molecule has 0 amide bonds. The van der Waals surface area contributed by atoms with E-state index in [1.54, 1.807) is 0 Å². The van der Waals surface area contributed by atoms with Crippen LogP contribution in [0.4, 0.5) is 0 Å². The summed E-state index contributed by atoms with van der Waals surface area (Å²) in [5.41, 5.74) is 0. The van der Waals surface area contributed by atoms with Gasteiger partial charge >= 0.3 is 8.25 Å². The van der Waals surface area contributed by atoms with E-state index < -0.39 is 8.25 Å². The Morgan fingerprint density at radius 1 is 2.00 bits per heavy atom. The van der Waals surface area contributed by atoms with Gasteiger partial charge < -0.3 is 4.89 Å². The molecule has 40 valence electrons. The van der Waals surface area contributed by atoms with Gasteiger partial charge in [-0.25, -0.2) is 0 Å². The Labute approximate surface area is 42.3 Å². The minimum atomic E-state index is -2.79. The fraction of sp³-hybridized carbons (Fsp3) is 0.333. The summed E-state index contributed by atoms with van der Waals surface area (Å²) in [4.78, 5) is 7.91. The van der Waals surface area contributed by atoms with Crippen molar-refractivity contribution in [1.29, 1.82) is 0 Å². The van der Waals surface area contributed by atoms with Crippen LogP contribution >= 0.6 is 8.25 Å². The zero-order chi connectivity index (χ0) is 5.70. The van der Waals surface area contributed by atoms with Crippen LogP contribution in [0.5, 0.6) is 0 Å². The van der Waals surface area contributed by atoms with Crippen molar-refractivity contribution in [2.24, 2.45) is 0 Å². The third kappa shape index (κ3) is 5.71. The molecule has 0 aliphatic carbocycles. The average molecular weight is 120 g/mol. The van der Waals surface area contributed by atoms with E-state index in [1.165, 1.54) is 0 Å². The summed E-state index contributed by atoms with van der Waals surface area (Å²) >= 11 is 0. The van der Waals surface area contributed by atoms with Crippen molar-refractivity contribution in [3.8, 4) is 12.3 Å². The van der Waals surface area contributed by atoms with E-state index in [2.05, 4.69) is 10.9 Å². The van der Waals surface area contributed by atoms with Crippen LogP contribution in [0.25, 0.3) is 0 Å². The SMILES string of the molecule is C#CCO[PH](=O)O. The third-order valence-corrected chi connectivity index (χ3v) is 0.670. The third-order valence-electron chi connectivity index (χ3n) is 0.279. The van der Waals surface area contributed by atoms with Gasteiger partial charge in [0.15, 0.2) is 0 Å². The van der Waals surface area contributed by atoms with Crippen LogP contribution in [0.3, 0.4) is 0 Å². The molecule has 0 aliphatic heterocycles. The molecule has 0 aliphatic rings. The van der Waals surface area contributed by atoms with Crippen LogP contribution in [0, 0.1) is 12.3 Å². The van der Waals surface area contributed by atoms with Gasteiger partial charge in [-0.05, 0) is 0 Å². The second-order valence-electron chi connectivity index (χ2n) is 0.759. The molecule has 0 heterocycles.